The van der Waals surface area contributed by atoms with E-state index >= 15 is 0 Å². The molecule has 0 fully saturated rings. The molecule has 1 atom stereocenters. The smallest absolute Gasteiger partial charge is 0.387 e. The molecule has 0 amide bonds. The average molecular weight is 312 g/mol. The van der Waals surface area contributed by atoms with Gasteiger partial charge in [-0.1, -0.05) is 19.1 Å². The molecule has 1 aromatic carbocycles. The quantitative estimate of drug-likeness (QED) is 0.828. The van der Waals surface area contributed by atoms with E-state index in [1.807, 2.05) is 24.6 Å². The monoisotopic (exact) mass is 312 g/mol. The van der Waals surface area contributed by atoms with E-state index in [1.54, 1.807) is 23.5 Å². The fourth-order valence-electron chi connectivity index (χ4n) is 2.09. The van der Waals surface area contributed by atoms with E-state index < -0.39 is 6.61 Å². The molecule has 6 heteroatoms. The van der Waals surface area contributed by atoms with E-state index in [0.717, 1.165) is 24.2 Å². The Morgan fingerprint density at radius 1 is 1.29 bits per heavy atom. The van der Waals surface area contributed by atoms with E-state index in [9.17, 15) is 8.78 Å². The summed E-state index contributed by atoms with van der Waals surface area (Å²) in [6.45, 7) is 2.04. The predicted octanol–water partition coefficient (Wildman–Crippen LogP) is 4.29. The third-order valence-corrected chi connectivity index (χ3v) is 4.20. The molecule has 1 heterocycles. The van der Waals surface area contributed by atoms with E-state index in [1.165, 1.54) is 4.88 Å². The number of nitrogens with zero attached hydrogens (tertiary/aromatic N) is 1. The van der Waals surface area contributed by atoms with Gasteiger partial charge in [0.05, 0.1) is 11.2 Å². The highest BCUT2D eigenvalue weighted by Gasteiger charge is 2.11. The molecule has 2 rings (SSSR count). The first-order valence-corrected chi connectivity index (χ1v) is 7.65. The molecule has 0 saturated carbocycles. The maximum Gasteiger partial charge on any atom is 0.387 e. The van der Waals surface area contributed by atoms with Crippen molar-refractivity contribution in [3.05, 3.63) is 45.9 Å². The molecular weight excluding hydrogens is 294 g/mol. The molecule has 0 bridgehead atoms. The van der Waals surface area contributed by atoms with E-state index in [-0.39, 0.29) is 11.8 Å². The van der Waals surface area contributed by atoms with Crippen molar-refractivity contribution in [1.82, 2.24) is 10.3 Å². The predicted molar refractivity (Wildman–Crippen MR) is 79.8 cm³/mol. The van der Waals surface area contributed by atoms with Gasteiger partial charge in [0.2, 0.25) is 0 Å². The summed E-state index contributed by atoms with van der Waals surface area (Å²) in [4.78, 5) is 5.44. The Hall–Kier alpha value is -1.53. The number of hydrogen-bond donors (Lipinski definition) is 1. The number of ether oxygens (including phenoxy) is 1. The number of hydrogen-bond acceptors (Lipinski definition) is 4. The summed E-state index contributed by atoms with van der Waals surface area (Å²) < 4.78 is 28.6. The Kier molecular flexibility index (Phi) is 5.64. The van der Waals surface area contributed by atoms with Gasteiger partial charge in [0.25, 0.3) is 0 Å². The standard InChI is InChI=1S/C15H18F2N2OS/c1-3-13(18-8-14-10(2)19-9-21-14)11-4-6-12(7-5-11)20-15(16)17/h4-7,9,13,15,18H,3,8H2,1-2H3/t13-/m1/s1. The molecule has 114 valence electrons. The minimum Gasteiger partial charge on any atom is -0.435 e. The van der Waals surface area contributed by atoms with Gasteiger partial charge in [-0.15, -0.1) is 11.3 Å². The van der Waals surface area contributed by atoms with Crippen LogP contribution in [0.3, 0.4) is 0 Å². The van der Waals surface area contributed by atoms with Crippen LogP contribution in [0.15, 0.2) is 29.8 Å². The number of aromatic nitrogens is 1. The Balaban J connectivity index is 1.98. The maximum absolute atomic E-state index is 12.1. The molecule has 3 nitrogen and oxygen atoms in total. The highest BCUT2D eigenvalue weighted by molar-refractivity contribution is 7.09. The van der Waals surface area contributed by atoms with E-state index in [4.69, 9.17) is 0 Å². The highest BCUT2D eigenvalue weighted by atomic mass is 32.1. The van der Waals surface area contributed by atoms with Crippen LogP contribution in [0.5, 0.6) is 5.75 Å². The Bertz CT molecular complexity index is 557. The number of halogens is 2. The van der Waals surface area contributed by atoms with Gasteiger partial charge >= 0.3 is 6.61 Å². The van der Waals surface area contributed by atoms with Crippen LogP contribution in [-0.4, -0.2) is 11.6 Å². The van der Waals surface area contributed by atoms with Crippen molar-refractivity contribution >= 4 is 11.3 Å². The molecular formula is C15H18F2N2OS. The van der Waals surface area contributed by atoms with Gasteiger partial charge in [0.15, 0.2) is 0 Å². The van der Waals surface area contributed by atoms with Crippen LogP contribution in [0.1, 0.15) is 35.5 Å². The van der Waals surface area contributed by atoms with Crippen LogP contribution in [0.2, 0.25) is 0 Å². The van der Waals surface area contributed by atoms with Crippen molar-refractivity contribution in [2.24, 2.45) is 0 Å². The van der Waals surface area contributed by atoms with Gasteiger partial charge < -0.3 is 10.1 Å². The second kappa shape index (κ2) is 7.47. The lowest BCUT2D eigenvalue weighted by atomic mass is 10.0. The van der Waals surface area contributed by atoms with Crippen LogP contribution in [0.4, 0.5) is 8.78 Å². The summed E-state index contributed by atoms with van der Waals surface area (Å²) in [5.41, 5.74) is 3.94. The first-order valence-electron chi connectivity index (χ1n) is 6.77. The van der Waals surface area contributed by atoms with Gasteiger partial charge in [0.1, 0.15) is 5.75 Å². The second-order valence-electron chi connectivity index (χ2n) is 4.65. The average Bonchev–Trinajstić information content (AvgIpc) is 2.86. The van der Waals surface area contributed by atoms with Gasteiger partial charge in [-0.25, -0.2) is 4.98 Å². The number of aryl methyl sites for hydroxylation is 1. The molecule has 0 aliphatic carbocycles. The molecule has 0 saturated heterocycles. The minimum atomic E-state index is -2.79. The SMILES string of the molecule is CC[C@@H](NCc1scnc1C)c1ccc(OC(F)F)cc1. The largest absolute Gasteiger partial charge is 0.435 e. The Morgan fingerprint density at radius 3 is 2.52 bits per heavy atom. The zero-order valence-corrected chi connectivity index (χ0v) is 12.8. The summed E-state index contributed by atoms with van der Waals surface area (Å²) in [5.74, 6) is 0.182. The third kappa shape index (κ3) is 4.47. The first-order chi connectivity index (χ1) is 10.1. The zero-order chi connectivity index (χ0) is 15.2. The molecule has 21 heavy (non-hydrogen) atoms. The van der Waals surface area contributed by atoms with Crippen molar-refractivity contribution in [2.75, 3.05) is 0 Å². The first kappa shape index (κ1) is 15.9. The fourth-order valence-corrected chi connectivity index (χ4v) is 2.82. The van der Waals surface area contributed by atoms with Crippen molar-refractivity contribution in [3.63, 3.8) is 0 Å². The fraction of sp³-hybridized carbons (Fsp3) is 0.400. The van der Waals surface area contributed by atoms with Crippen LogP contribution in [0.25, 0.3) is 0 Å². The molecule has 1 N–H and O–H groups in total. The minimum absolute atomic E-state index is 0.173. The van der Waals surface area contributed by atoms with Gasteiger partial charge in [-0.3, -0.25) is 0 Å². The van der Waals surface area contributed by atoms with E-state index in [0.29, 0.717) is 0 Å². The lowest BCUT2D eigenvalue weighted by Crippen LogP contribution is -2.20. The number of nitrogens with one attached hydrogen (secondary N) is 1. The number of alkyl halides is 2. The number of thiazole rings is 1. The molecule has 2 aromatic rings. The lowest BCUT2D eigenvalue weighted by molar-refractivity contribution is -0.0498. The van der Waals surface area contributed by atoms with E-state index in [2.05, 4.69) is 22.0 Å². The molecule has 0 radical (unpaired) electrons. The molecule has 0 aliphatic heterocycles. The van der Waals surface area contributed by atoms with Crippen molar-refractivity contribution in [1.29, 1.82) is 0 Å². The summed E-state index contributed by atoms with van der Waals surface area (Å²) in [6.07, 6.45) is 0.910. The number of benzene rings is 1. The molecule has 0 unspecified atom stereocenters. The summed E-state index contributed by atoms with van der Waals surface area (Å²) in [6, 6.07) is 6.96. The third-order valence-electron chi connectivity index (χ3n) is 3.27. The van der Waals surface area contributed by atoms with Gasteiger partial charge in [-0.2, -0.15) is 8.78 Å². The van der Waals surface area contributed by atoms with Crippen molar-refractivity contribution in [2.45, 2.75) is 39.5 Å². The Morgan fingerprint density at radius 2 is 2.00 bits per heavy atom. The normalized spacial score (nSPS) is 12.6. The van der Waals surface area contributed by atoms with Crippen molar-refractivity contribution in [3.8, 4) is 5.75 Å². The van der Waals surface area contributed by atoms with Crippen LogP contribution >= 0.6 is 11.3 Å². The molecule has 0 aliphatic rings. The zero-order valence-electron chi connectivity index (χ0n) is 12.0. The van der Waals surface area contributed by atoms with Crippen LogP contribution < -0.4 is 10.1 Å². The maximum atomic E-state index is 12.1. The van der Waals surface area contributed by atoms with Gasteiger partial charge in [0, 0.05) is 17.5 Å². The Labute approximate surface area is 127 Å². The molecule has 1 aromatic heterocycles. The van der Waals surface area contributed by atoms with Crippen LogP contribution in [0, 0.1) is 6.92 Å². The topological polar surface area (TPSA) is 34.2 Å². The lowest BCUT2D eigenvalue weighted by Gasteiger charge is -2.17. The van der Waals surface area contributed by atoms with Crippen molar-refractivity contribution < 1.29 is 13.5 Å². The summed E-state index contributed by atoms with van der Waals surface area (Å²) >= 11 is 1.63. The number of rotatable bonds is 7. The van der Waals surface area contributed by atoms with Gasteiger partial charge in [-0.05, 0) is 31.0 Å². The summed E-state index contributed by atoms with van der Waals surface area (Å²) in [7, 11) is 0. The summed E-state index contributed by atoms with van der Waals surface area (Å²) in [5, 5.41) is 3.47. The molecule has 0 spiro atoms. The van der Waals surface area contributed by atoms with Crippen LogP contribution in [-0.2, 0) is 6.54 Å². The highest BCUT2D eigenvalue weighted by Crippen LogP contribution is 2.22. The second-order valence-corrected chi connectivity index (χ2v) is 5.59.